The molecule has 0 bridgehead atoms. The molecule has 0 spiro atoms. The van der Waals surface area contributed by atoms with Crippen LogP contribution in [0.25, 0.3) is 0 Å². The number of nitrogens with zero attached hydrogens (tertiary/aromatic N) is 1. The average Bonchev–Trinajstić information content (AvgIpc) is 3.04. The molecule has 1 saturated heterocycles. The Hall–Kier alpha value is -1.44. The fraction of sp³-hybridized carbons (Fsp3) is 0.353. The van der Waals surface area contributed by atoms with Gasteiger partial charge < -0.3 is 4.90 Å². The third kappa shape index (κ3) is 3.88. The van der Waals surface area contributed by atoms with Gasteiger partial charge in [0.15, 0.2) is 9.84 Å². The van der Waals surface area contributed by atoms with Crippen LogP contribution in [0.1, 0.15) is 22.6 Å². The second-order valence-electron chi connectivity index (χ2n) is 6.15. The molecule has 2 heterocycles. The third-order valence-electron chi connectivity index (χ3n) is 4.32. The van der Waals surface area contributed by atoms with Crippen LogP contribution in [-0.4, -0.2) is 37.6 Å². The van der Waals surface area contributed by atoms with Crippen molar-refractivity contribution in [3.63, 3.8) is 0 Å². The summed E-state index contributed by atoms with van der Waals surface area (Å²) in [7, 11) is -3.30. The lowest BCUT2D eigenvalue weighted by atomic mass is 10.1. The summed E-state index contributed by atoms with van der Waals surface area (Å²) in [4.78, 5) is 15.0. The Balaban J connectivity index is 1.80. The first-order valence-electron chi connectivity index (χ1n) is 7.76. The van der Waals surface area contributed by atoms with Crippen molar-refractivity contribution in [2.75, 3.05) is 12.3 Å². The van der Waals surface area contributed by atoms with Crippen LogP contribution in [0.15, 0.2) is 35.7 Å². The minimum absolute atomic E-state index is 0.0315. The topological polar surface area (TPSA) is 54.5 Å². The molecule has 0 N–H and O–H groups in total. The molecule has 0 saturated carbocycles. The molecule has 0 radical (unpaired) electrons. The monoisotopic (exact) mass is 401 g/mol. The fourth-order valence-corrected chi connectivity index (χ4v) is 6.44. The van der Waals surface area contributed by atoms with E-state index in [1.165, 1.54) is 29.5 Å². The number of amides is 1. The summed E-state index contributed by atoms with van der Waals surface area (Å²) in [6.45, 7) is 1.87. The van der Waals surface area contributed by atoms with E-state index in [1.807, 2.05) is 5.38 Å². The van der Waals surface area contributed by atoms with Crippen LogP contribution in [0.5, 0.6) is 0 Å². The minimum atomic E-state index is -3.30. The average molecular weight is 402 g/mol. The molecule has 8 heteroatoms. The van der Waals surface area contributed by atoms with E-state index >= 15 is 0 Å². The molecule has 2 aromatic rings. The van der Waals surface area contributed by atoms with Gasteiger partial charge in [0.25, 0.3) is 0 Å². The highest BCUT2D eigenvalue weighted by Gasteiger charge is 2.40. The Morgan fingerprint density at radius 2 is 2.16 bits per heavy atom. The van der Waals surface area contributed by atoms with Crippen molar-refractivity contribution in [2.24, 2.45) is 0 Å². The molecule has 0 aliphatic carbocycles. The van der Waals surface area contributed by atoms with Gasteiger partial charge in [-0.05, 0) is 36.1 Å². The van der Waals surface area contributed by atoms with E-state index in [1.54, 1.807) is 24.0 Å². The van der Waals surface area contributed by atoms with Crippen molar-refractivity contribution in [3.05, 3.63) is 57.0 Å². The number of hydrogen-bond acceptors (Lipinski definition) is 4. The maximum atomic E-state index is 13.3. The van der Waals surface area contributed by atoms with Gasteiger partial charge in [-0.1, -0.05) is 23.7 Å². The number of thiophene rings is 1. The van der Waals surface area contributed by atoms with Crippen molar-refractivity contribution in [1.82, 2.24) is 4.90 Å². The van der Waals surface area contributed by atoms with Crippen molar-refractivity contribution in [2.45, 2.75) is 24.6 Å². The Bertz CT molecular complexity index is 883. The molecule has 1 aliphatic rings. The van der Waals surface area contributed by atoms with E-state index in [0.717, 1.165) is 4.88 Å². The largest absolute Gasteiger partial charge is 0.337 e. The normalized spacial score (nSPS) is 22.8. The van der Waals surface area contributed by atoms with E-state index in [4.69, 9.17) is 11.6 Å². The standard InChI is InChI=1S/C17H17ClFNO3S2/c1-11-10-25(22,23)16(15-3-2-6-24-15)9-20(11)17(21)8-12-4-5-14(19)13(18)7-12/h2-7,11,16H,8-10H2,1H3. The number of halogens is 2. The van der Waals surface area contributed by atoms with Gasteiger partial charge in [0.1, 0.15) is 11.1 Å². The number of carbonyl (C=O) groups excluding carboxylic acids is 1. The molecular weight excluding hydrogens is 385 g/mol. The van der Waals surface area contributed by atoms with Gasteiger partial charge in [0.2, 0.25) is 5.91 Å². The van der Waals surface area contributed by atoms with Crippen molar-refractivity contribution in [1.29, 1.82) is 0 Å². The summed E-state index contributed by atoms with van der Waals surface area (Å²) >= 11 is 7.14. The highest BCUT2D eigenvalue weighted by Crippen LogP contribution is 2.33. The van der Waals surface area contributed by atoms with Gasteiger partial charge in [0, 0.05) is 17.5 Å². The quantitative estimate of drug-likeness (QED) is 0.791. The molecule has 1 aromatic carbocycles. The molecule has 2 unspecified atom stereocenters. The number of sulfone groups is 1. The molecule has 1 amide bonds. The maximum absolute atomic E-state index is 13.3. The smallest absolute Gasteiger partial charge is 0.227 e. The molecule has 1 aromatic heterocycles. The predicted molar refractivity (Wildman–Crippen MR) is 97.1 cm³/mol. The Kier molecular flexibility index (Phi) is 5.18. The Morgan fingerprint density at radius 1 is 1.40 bits per heavy atom. The summed E-state index contributed by atoms with van der Waals surface area (Å²) in [6.07, 6.45) is 0.0571. The van der Waals surface area contributed by atoms with Crippen LogP contribution in [0.2, 0.25) is 5.02 Å². The Labute approximate surface area is 155 Å². The van der Waals surface area contributed by atoms with E-state index in [0.29, 0.717) is 5.56 Å². The zero-order valence-electron chi connectivity index (χ0n) is 13.5. The van der Waals surface area contributed by atoms with E-state index in [-0.39, 0.29) is 29.6 Å². The van der Waals surface area contributed by atoms with Gasteiger partial charge in [-0.3, -0.25) is 4.79 Å². The highest BCUT2D eigenvalue weighted by molar-refractivity contribution is 7.91. The van der Waals surface area contributed by atoms with Crippen molar-refractivity contribution < 1.29 is 17.6 Å². The van der Waals surface area contributed by atoms with E-state index in [2.05, 4.69) is 0 Å². The molecule has 4 nitrogen and oxygen atoms in total. The lowest BCUT2D eigenvalue weighted by molar-refractivity contribution is -0.132. The third-order valence-corrected chi connectivity index (χ3v) is 7.96. The van der Waals surface area contributed by atoms with Crippen LogP contribution in [-0.2, 0) is 21.1 Å². The molecule has 1 aliphatic heterocycles. The molecule has 134 valence electrons. The van der Waals surface area contributed by atoms with Crippen molar-refractivity contribution >= 4 is 38.7 Å². The summed E-state index contributed by atoms with van der Waals surface area (Å²) in [5, 5.41) is 1.11. The lowest BCUT2D eigenvalue weighted by Gasteiger charge is -2.37. The molecule has 25 heavy (non-hydrogen) atoms. The van der Waals surface area contributed by atoms with Crippen LogP contribution < -0.4 is 0 Å². The van der Waals surface area contributed by atoms with Crippen LogP contribution >= 0.6 is 22.9 Å². The highest BCUT2D eigenvalue weighted by atomic mass is 35.5. The van der Waals surface area contributed by atoms with Gasteiger partial charge in [-0.15, -0.1) is 11.3 Å². The van der Waals surface area contributed by atoms with Gasteiger partial charge in [-0.25, -0.2) is 12.8 Å². The van der Waals surface area contributed by atoms with E-state index < -0.39 is 26.9 Å². The second-order valence-corrected chi connectivity index (χ2v) is 9.77. The van der Waals surface area contributed by atoms with Gasteiger partial charge >= 0.3 is 0 Å². The summed E-state index contributed by atoms with van der Waals surface area (Å²) < 4.78 is 38.3. The molecule has 1 fully saturated rings. The summed E-state index contributed by atoms with van der Waals surface area (Å²) in [5.41, 5.74) is 0.602. The zero-order chi connectivity index (χ0) is 18.2. The van der Waals surface area contributed by atoms with Gasteiger partial charge in [0.05, 0.1) is 17.2 Å². The van der Waals surface area contributed by atoms with Gasteiger partial charge in [-0.2, -0.15) is 0 Å². The van der Waals surface area contributed by atoms with Crippen LogP contribution in [0, 0.1) is 5.82 Å². The second kappa shape index (κ2) is 7.05. The van der Waals surface area contributed by atoms with E-state index in [9.17, 15) is 17.6 Å². The maximum Gasteiger partial charge on any atom is 0.227 e. The first-order chi connectivity index (χ1) is 11.8. The van der Waals surface area contributed by atoms with Crippen molar-refractivity contribution in [3.8, 4) is 0 Å². The first-order valence-corrected chi connectivity index (χ1v) is 10.7. The molecular formula is C17H17ClFNO3S2. The Morgan fingerprint density at radius 3 is 2.80 bits per heavy atom. The fourth-order valence-electron chi connectivity index (χ4n) is 3.03. The number of benzene rings is 1. The lowest BCUT2D eigenvalue weighted by Crippen LogP contribution is -2.51. The summed E-state index contributed by atoms with van der Waals surface area (Å²) in [5.74, 6) is -0.787. The first kappa shape index (κ1) is 18.4. The number of hydrogen-bond donors (Lipinski definition) is 0. The van der Waals surface area contributed by atoms with Crippen LogP contribution in [0.4, 0.5) is 4.39 Å². The number of carbonyl (C=O) groups is 1. The minimum Gasteiger partial charge on any atom is -0.337 e. The zero-order valence-corrected chi connectivity index (χ0v) is 15.9. The predicted octanol–water partition coefficient (Wildman–Crippen LogP) is 3.47. The number of rotatable bonds is 3. The SMILES string of the molecule is CC1CS(=O)(=O)C(c2cccs2)CN1C(=O)Cc1ccc(F)c(Cl)c1. The summed E-state index contributed by atoms with van der Waals surface area (Å²) in [6, 6.07) is 7.36. The van der Waals surface area contributed by atoms with Crippen LogP contribution in [0.3, 0.4) is 0 Å². The molecule has 2 atom stereocenters. The molecule has 3 rings (SSSR count).